The van der Waals surface area contributed by atoms with Gasteiger partial charge in [-0.1, -0.05) is 12.1 Å². The molecule has 0 radical (unpaired) electrons. The number of hydrogen-bond acceptors (Lipinski definition) is 7. The van der Waals surface area contributed by atoms with Crippen molar-refractivity contribution < 1.29 is 13.9 Å². The second-order valence-corrected chi connectivity index (χ2v) is 7.68. The Labute approximate surface area is 185 Å². The molecule has 1 aliphatic rings. The van der Waals surface area contributed by atoms with E-state index in [9.17, 15) is 9.18 Å². The van der Waals surface area contributed by atoms with Crippen LogP contribution in [0.5, 0.6) is 5.75 Å². The van der Waals surface area contributed by atoms with Gasteiger partial charge in [-0.15, -0.1) is 0 Å². The van der Waals surface area contributed by atoms with Crippen molar-refractivity contribution in [1.29, 1.82) is 0 Å². The number of carbonyl (C=O) groups is 1. The summed E-state index contributed by atoms with van der Waals surface area (Å²) in [6.45, 7) is 3.29. The van der Waals surface area contributed by atoms with E-state index in [1.807, 2.05) is 31.2 Å². The highest BCUT2D eigenvalue weighted by Gasteiger charge is 2.22. The molecule has 8 nitrogen and oxygen atoms in total. The van der Waals surface area contributed by atoms with Crippen molar-refractivity contribution in [3.05, 3.63) is 65.2 Å². The van der Waals surface area contributed by atoms with E-state index in [0.29, 0.717) is 36.9 Å². The lowest BCUT2D eigenvalue weighted by Gasteiger charge is -2.18. The maximum Gasteiger partial charge on any atom is 0.227 e. The fourth-order valence-electron chi connectivity index (χ4n) is 3.63. The third-order valence-corrected chi connectivity index (χ3v) is 5.07. The Morgan fingerprint density at radius 1 is 1.19 bits per heavy atom. The molecule has 0 aliphatic carbocycles. The van der Waals surface area contributed by atoms with Crippen LogP contribution < -0.4 is 20.7 Å². The van der Waals surface area contributed by atoms with Crippen molar-refractivity contribution in [2.45, 2.75) is 32.8 Å². The highest BCUT2D eigenvalue weighted by Crippen LogP contribution is 2.27. The van der Waals surface area contributed by atoms with Gasteiger partial charge < -0.3 is 20.7 Å². The molecule has 3 N–H and O–H groups in total. The lowest BCUT2D eigenvalue weighted by atomic mass is 10.1. The van der Waals surface area contributed by atoms with E-state index in [0.717, 1.165) is 29.8 Å². The van der Waals surface area contributed by atoms with Crippen LogP contribution in [0.1, 0.15) is 29.8 Å². The number of nitrogens with two attached hydrogens (primary N) is 1. The molecule has 1 amide bonds. The smallest absolute Gasteiger partial charge is 0.227 e. The van der Waals surface area contributed by atoms with Crippen molar-refractivity contribution in [2.75, 3.05) is 29.0 Å². The topological polar surface area (TPSA) is 106 Å². The quantitative estimate of drug-likeness (QED) is 0.558. The molecule has 32 heavy (non-hydrogen) atoms. The number of anilines is 3. The third kappa shape index (κ3) is 5.48. The lowest BCUT2D eigenvalue weighted by molar-refractivity contribution is -0.117. The van der Waals surface area contributed by atoms with Crippen LogP contribution in [0.15, 0.2) is 42.5 Å². The van der Waals surface area contributed by atoms with Crippen LogP contribution in [0.25, 0.3) is 0 Å². The number of nitrogens with zero attached hydrogens (tertiary/aromatic N) is 4. The van der Waals surface area contributed by atoms with Gasteiger partial charge in [0.2, 0.25) is 17.8 Å². The lowest BCUT2D eigenvalue weighted by Crippen LogP contribution is -2.23. The van der Waals surface area contributed by atoms with Gasteiger partial charge in [0.25, 0.3) is 0 Å². The van der Waals surface area contributed by atoms with Gasteiger partial charge >= 0.3 is 0 Å². The minimum Gasteiger partial charge on any atom is -0.486 e. The number of benzene rings is 2. The fraction of sp³-hybridized carbons (Fsp3) is 0.304. The van der Waals surface area contributed by atoms with Crippen LogP contribution in [0.3, 0.4) is 0 Å². The number of halogens is 1. The number of hydrogen-bond donors (Lipinski definition) is 2. The van der Waals surface area contributed by atoms with Gasteiger partial charge in [0.15, 0.2) is 5.82 Å². The predicted octanol–water partition coefficient (Wildman–Crippen LogP) is 3.26. The van der Waals surface area contributed by atoms with Crippen molar-refractivity contribution >= 4 is 23.5 Å². The van der Waals surface area contributed by atoms with Crippen LogP contribution in [0.4, 0.5) is 22.0 Å². The number of nitrogens with one attached hydrogen (secondary N) is 1. The van der Waals surface area contributed by atoms with Crippen LogP contribution >= 0.6 is 0 Å². The predicted molar refractivity (Wildman–Crippen MR) is 120 cm³/mol. The summed E-state index contributed by atoms with van der Waals surface area (Å²) in [6.07, 6.45) is 2.04. The van der Waals surface area contributed by atoms with E-state index in [1.165, 1.54) is 12.1 Å². The molecule has 1 saturated heterocycles. The molecule has 2 heterocycles. The first-order chi connectivity index (χ1) is 15.5. The molecule has 3 aromatic rings. The van der Waals surface area contributed by atoms with Crippen LogP contribution in [-0.4, -0.2) is 33.9 Å². The number of rotatable bonds is 8. The number of carbonyl (C=O) groups excluding carboxylic acids is 1. The van der Waals surface area contributed by atoms with E-state index in [4.69, 9.17) is 10.5 Å². The molecule has 4 rings (SSSR count). The number of ether oxygens (including phenoxy) is 1. The summed E-state index contributed by atoms with van der Waals surface area (Å²) in [5.41, 5.74) is 8.52. The van der Waals surface area contributed by atoms with Gasteiger partial charge in [-0.3, -0.25) is 4.79 Å². The summed E-state index contributed by atoms with van der Waals surface area (Å²) >= 11 is 0. The second-order valence-electron chi connectivity index (χ2n) is 7.68. The van der Waals surface area contributed by atoms with Gasteiger partial charge in [0.1, 0.15) is 18.2 Å². The maximum absolute atomic E-state index is 13.3. The summed E-state index contributed by atoms with van der Waals surface area (Å²) in [4.78, 5) is 26.4. The van der Waals surface area contributed by atoms with Gasteiger partial charge in [0, 0.05) is 31.3 Å². The van der Waals surface area contributed by atoms with Crippen molar-refractivity contribution in [3.8, 4) is 5.75 Å². The SMILES string of the molecule is Cc1cc(OCc2nc(N)nc(NCCc3cccc(F)c3)n2)cc(N2CCCC2=O)c1. The number of nitrogen functional groups attached to an aromatic ring is 1. The molecule has 9 heteroatoms. The van der Waals surface area contributed by atoms with Crippen LogP contribution in [0.2, 0.25) is 0 Å². The number of amides is 1. The Bertz CT molecular complexity index is 1120. The maximum atomic E-state index is 13.3. The standard InChI is InChI=1S/C23H25FN6O2/c1-15-10-18(30-9-3-6-21(30)31)13-19(11-15)32-14-20-27-22(25)29-23(28-20)26-8-7-16-4-2-5-17(24)12-16/h2,4-5,10-13H,3,6-9,14H2,1H3,(H3,25,26,27,28,29). The molecular formula is C23H25FN6O2. The van der Waals surface area contributed by atoms with Crippen molar-refractivity contribution in [3.63, 3.8) is 0 Å². The first kappa shape index (κ1) is 21.5. The largest absolute Gasteiger partial charge is 0.486 e. The van der Waals surface area contributed by atoms with E-state index in [-0.39, 0.29) is 24.3 Å². The molecule has 2 aromatic carbocycles. The normalized spacial score (nSPS) is 13.4. The van der Waals surface area contributed by atoms with E-state index < -0.39 is 0 Å². The van der Waals surface area contributed by atoms with Gasteiger partial charge in [-0.05, 0) is 55.2 Å². The molecule has 1 aromatic heterocycles. The molecule has 0 unspecified atom stereocenters. The van der Waals surface area contributed by atoms with Gasteiger partial charge in [-0.25, -0.2) is 4.39 Å². The Hall–Kier alpha value is -3.75. The highest BCUT2D eigenvalue weighted by atomic mass is 19.1. The zero-order chi connectivity index (χ0) is 22.5. The minimum atomic E-state index is -0.264. The molecule has 0 saturated carbocycles. The molecule has 0 bridgehead atoms. The first-order valence-electron chi connectivity index (χ1n) is 10.5. The Morgan fingerprint density at radius 3 is 2.84 bits per heavy atom. The second kappa shape index (κ2) is 9.59. The monoisotopic (exact) mass is 436 g/mol. The summed E-state index contributed by atoms with van der Waals surface area (Å²) in [7, 11) is 0. The fourth-order valence-corrected chi connectivity index (χ4v) is 3.63. The van der Waals surface area contributed by atoms with Crippen LogP contribution in [0, 0.1) is 12.7 Å². The van der Waals surface area contributed by atoms with Gasteiger partial charge in [0.05, 0.1) is 0 Å². The summed E-state index contributed by atoms with van der Waals surface area (Å²) in [5, 5.41) is 3.09. The van der Waals surface area contributed by atoms with E-state index in [2.05, 4.69) is 20.3 Å². The molecular weight excluding hydrogens is 411 g/mol. The third-order valence-electron chi connectivity index (χ3n) is 5.07. The van der Waals surface area contributed by atoms with E-state index >= 15 is 0 Å². The zero-order valence-electron chi connectivity index (χ0n) is 17.8. The zero-order valence-corrected chi connectivity index (χ0v) is 17.8. The summed E-state index contributed by atoms with van der Waals surface area (Å²) < 4.78 is 19.2. The average Bonchev–Trinajstić information content (AvgIpc) is 3.18. The Kier molecular flexibility index (Phi) is 6.44. The molecule has 1 aliphatic heterocycles. The summed E-state index contributed by atoms with van der Waals surface area (Å²) in [5.74, 6) is 1.28. The number of aromatic nitrogens is 3. The summed E-state index contributed by atoms with van der Waals surface area (Å²) in [6, 6.07) is 12.2. The van der Waals surface area contributed by atoms with E-state index in [1.54, 1.807) is 11.0 Å². The molecule has 0 spiro atoms. The average molecular weight is 436 g/mol. The Balaban J connectivity index is 1.39. The van der Waals surface area contributed by atoms with Crippen molar-refractivity contribution in [2.24, 2.45) is 0 Å². The first-order valence-corrected chi connectivity index (χ1v) is 10.5. The van der Waals surface area contributed by atoms with Gasteiger partial charge in [-0.2, -0.15) is 15.0 Å². The minimum absolute atomic E-state index is 0.0828. The number of aryl methyl sites for hydroxylation is 1. The van der Waals surface area contributed by atoms with Crippen molar-refractivity contribution in [1.82, 2.24) is 15.0 Å². The highest BCUT2D eigenvalue weighted by molar-refractivity contribution is 5.95. The molecule has 0 atom stereocenters. The molecule has 1 fully saturated rings. The van der Waals surface area contributed by atoms with Crippen LogP contribution in [-0.2, 0) is 17.8 Å². The molecule has 166 valence electrons. The Morgan fingerprint density at radius 2 is 2.06 bits per heavy atom.